The number of fused-ring (bicyclic) bond motifs is 1. The van der Waals surface area contributed by atoms with Crippen molar-refractivity contribution in [1.29, 1.82) is 0 Å². The highest BCUT2D eigenvalue weighted by molar-refractivity contribution is 6.06. The van der Waals surface area contributed by atoms with Gasteiger partial charge in [-0.2, -0.15) is 0 Å². The van der Waals surface area contributed by atoms with E-state index in [1.165, 1.54) is 12.3 Å². The second-order valence-corrected chi connectivity index (χ2v) is 5.65. The third-order valence-electron chi connectivity index (χ3n) is 4.01. The molecule has 1 amide bonds. The van der Waals surface area contributed by atoms with Gasteiger partial charge in [0.05, 0.1) is 17.7 Å². The molecular formula is C17H14F2N4O4. The first-order valence-electron chi connectivity index (χ1n) is 7.69. The van der Waals surface area contributed by atoms with Gasteiger partial charge in [0.2, 0.25) is 0 Å². The standard InChI is InChI=1S/C17H14F2N4O4/c18-10-2-1-8(11(19)5-10)6-22-16(25)13-14(20)12-9(7-24)3-4-21-15(12)23(27)17(13)26/h1-5,24,27H,6-7,20H2,(H,22,25). The van der Waals surface area contributed by atoms with E-state index in [0.29, 0.717) is 6.07 Å². The number of nitrogen functional groups attached to an aromatic ring is 1. The number of benzene rings is 1. The topological polar surface area (TPSA) is 130 Å². The average Bonchev–Trinajstić information content (AvgIpc) is 2.65. The molecule has 0 aliphatic rings. The van der Waals surface area contributed by atoms with Crippen molar-refractivity contribution in [3.8, 4) is 0 Å². The molecule has 2 heterocycles. The average molecular weight is 376 g/mol. The van der Waals surface area contributed by atoms with Crippen molar-refractivity contribution in [3.63, 3.8) is 0 Å². The molecule has 0 saturated carbocycles. The number of pyridine rings is 2. The molecule has 0 aliphatic heterocycles. The van der Waals surface area contributed by atoms with Crippen LogP contribution in [0.2, 0.25) is 0 Å². The molecule has 8 nitrogen and oxygen atoms in total. The molecule has 10 heteroatoms. The van der Waals surface area contributed by atoms with Crippen molar-refractivity contribution < 1.29 is 23.9 Å². The lowest BCUT2D eigenvalue weighted by atomic mass is 10.1. The van der Waals surface area contributed by atoms with Crippen molar-refractivity contribution in [1.82, 2.24) is 15.0 Å². The van der Waals surface area contributed by atoms with Crippen LogP contribution in [0.3, 0.4) is 0 Å². The van der Waals surface area contributed by atoms with Gasteiger partial charge in [-0.05, 0) is 17.7 Å². The predicted octanol–water partition coefficient (Wildman–Crippen LogP) is 0.917. The van der Waals surface area contributed by atoms with Crippen molar-refractivity contribution in [2.45, 2.75) is 13.2 Å². The zero-order chi connectivity index (χ0) is 19.7. The third-order valence-corrected chi connectivity index (χ3v) is 4.01. The molecule has 27 heavy (non-hydrogen) atoms. The molecule has 0 unspecified atom stereocenters. The van der Waals surface area contributed by atoms with E-state index < -0.39 is 35.3 Å². The highest BCUT2D eigenvalue weighted by atomic mass is 19.1. The molecule has 0 spiro atoms. The molecule has 1 aromatic carbocycles. The van der Waals surface area contributed by atoms with Crippen LogP contribution in [-0.2, 0) is 13.2 Å². The van der Waals surface area contributed by atoms with E-state index in [2.05, 4.69) is 10.3 Å². The van der Waals surface area contributed by atoms with E-state index in [1.807, 2.05) is 0 Å². The molecular weight excluding hydrogens is 362 g/mol. The first-order chi connectivity index (χ1) is 12.8. The SMILES string of the molecule is Nc1c(C(=O)NCc2ccc(F)cc2F)c(=O)n(O)c2nccc(CO)c12. The van der Waals surface area contributed by atoms with Gasteiger partial charge in [0.15, 0.2) is 5.65 Å². The number of aromatic nitrogens is 2. The van der Waals surface area contributed by atoms with E-state index >= 15 is 0 Å². The Hall–Kier alpha value is -3.53. The van der Waals surface area contributed by atoms with Gasteiger partial charge in [-0.3, -0.25) is 9.59 Å². The lowest BCUT2D eigenvalue weighted by Gasteiger charge is -2.13. The van der Waals surface area contributed by atoms with Crippen LogP contribution in [0.5, 0.6) is 0 Å². The fraction of sp³-hybridized carbons (Fsp3) is 0.118. The lowest BCUT2D eigenvalue weighted by Crippen LogP contribution is -2.34. The van der Waals surface area contributed by atoms with E-state index in [9.17, 15) is 28.7 Å². The largest absolute Gasteiger partial charge is 0.423 e. The molecule has 0 saturated heterocycles. The smallest absolute Gasteiger partial charge is 0.299 e. The molecule has 0 aliphatic carbocycles. The third kappa shape index (κ3) is 3.17. The molecule has 0 radical (unpaired) electrons. The maximum Gasteiger partial charge on any atom is 0.299 e. The quantitative estimate of drug-likeness (QED) is 0.501. The summed E-state index contributed by atoms with van der Waals surface area (Å²) in [5.41, 5.74) is 3.95. The summed E-state index contributed by atoms with van der Waals surface area (Å²) in [4.78, 5) is 28.6. The Kier molecular flexibility index (Phi) is 4.74. The van der Waals surface area contributed by atoms with Crippen LogP contribution in [0.15, 0.2) is 35.3 Å². The molecule has 2 aromatic heterocycles. The van der Waals surface area contributed by atoms with Crippen LogP contribution in [0, 0.1) is 11.6 Å². The Labute approximate surface area is 150 Å². The number of halogens is 2. The minimum atomic E-state index is -1.13. The van der Waals surface area contributed by atoms with Gasteiger partial charge in [-0.15, -0.1) is 4.73 Å². The zero-order valence-electron chi connectivity index (χ0n) is 13.7. The lowest BCUT2D eigenvalue weighted by molar-refractivity contribution is 0.0944. The van der Waals surface area contributed by atoms with Crippen molar-refractivity contribution in [3.05, 3.63) is 69.1 Å². The second kappa shape index (κ2) is 7.00. The highest BCUT2D eigenvalue weighted by Gasteiger charge is 2.23. The Morgan fingerprint density at radius 2 is 2.00 bits per heavy atom. The maximum atomic E-state index is 13.7. The van der Waals surface area contributed by atoms with Crippen molar-refractivity contribution in [2.24, 2.45) is 0 Å². The summed E-state index contributed by atoms with van der Waals surface area (Å²) in [6.07, 6.45) is 1.26. The van der Waals surface area contributed by atoms with Crippen LogP contribution < -0.4 is 16.6 Å². The molecule has 3 rings (SSSR count). The molecule has 3 aromatic rings. The zero-order valence-corrected chi connectivity index (χ0v) is 13.7. The molecule has 0 atom stereocenters. The van der Waals surface area contributed by atoms with Crippen LogP contribution in [0.4, 0.5) is 14.5 Å². The van der Waals surface area contributed by atoms with Crippen LogP contribution >= 0.6 is 0 Å². The number of anilines is 1. The first-order valence-corrected chi connectivity index (χ1v) is 7.69. The Balaban J connectivity index is 2.03. The summed E-state index contributed by atoms with van der Waals surface area (Å²) in [6, 6.07) is 4.24. The van der Waals surface area contributed by atoms with Gasteiger partial charge in [0, 0.05) is 24.4 Å². The fourth-order valence-electron chi connectivity index (χ4n) is 2.67. The van der Waals surface area contributed by atoms with Crippen LogP contribution in [0.25, 0.3) is 11.0 Å². The van der Waals surface area contributed by atoms with Crippen molar-refractivity contribution >= 4 is 22.6 Å². The number of aliphatic hydroxyl groups excluding tert-OH is 1. The number of carbonyl (C=O) groups is 1. The van der Waals surface area contributed by atoms with Gasteiger partial charge in [0.25, 0.3) is 11.5 Å². The van der Waals surface area contributed by atoms with E-state index in [-0.39, 0.29) is 39.1 Å². The normalized spacial score (nSPS) is 10.9. The molecule has 140 valence electrons. The second-order valence-electron chi connectivity index (χ2n) is 5.65. The van der Waals surface area contributed by atoms with Gasteiger partial charge < -0.3 is 21.4 Å². The Morgan fingerprint density at radius 3 is 2.67 bits per heavy atom. The van der Waals surface area contributed by atoms with E-state index in [4.69, 9.17) is 5.73 Å². The van der Waals surface area contributed by atoms with Gasteiger partial charge in [-0.25, -0.2) is 13.8 Å². The van der Waals surface area contributed by atoms with Crippen LogP contribution in [-0.4, -0.2) is 25.9 Å². The number of carbonyl (C=O) groups excluding carboxylic acids is 1. The Morgan fingerprint density at radius 1 is 1.26 bits per heavy atom. The van der Waals surface area contributed by atoms with Gasteiger partial charge in [-0.1, -0.05) is 6.07 Å². The molecule has 0 fully saturated rings. The molecule has 5 N–H and O–H groups in total. The predicted molar refractivity (Wildman–Crippen MR) is 91.1 cm³/mol. The number of hydrogen-bond donors (Lipinski definition) is 4. The number of aliphatic hydroxyl groups is 1. The number of nitrogens with two attached hydrogens (primary N) is 1. The Bertz CT molecular complexity index is 1110. The monoisotopic (exact) mass is 376 g/mol. The summed E-state index contributed by atoms with van der Waals surface area (Å²) in [7, 11) is 0. The van der Waals surface area contributed by atoms with Gasteiger partial charge >= 0.3 is 0 Å². The summed E-state index contributed by atoms with van der Waals surface area (Å²) >= 11 is 0. The maximum absolute atomic E-state index is 13.7. The minimum absolute atomic E-state index is 0.00820. The van der Waals surface area contributed by atoms with Crippen molar-refractivity contribution in [2.75, 3.05) is 5.73 Å². The number of rotatable bonds is 4. The first kappa shape index (κ1) is 18.3. The van der Waals surface area contributed by atoms with E-state index in [0.717, 1.165) is 12.1 Å². The number of hydrogen-bond acceptors (Lipinski definition) is 6. The summed E-state index contributed by atoms with van der Waals surface area (Å²) < 4.78 is 26.8. The number of amides is 1. The minimum Gasteiger partial charge on any atom is -0.423 e. The van der Waals surface area contributed by atoms with E-state index in [1.54, 1.807) is 0 Å². The highest BCUT2D eigenvalue weighted by Crippen LogP contribution is 2.24. The number of nitrogens with zero attached hydrogens (tertiary/aromatic N) is 2. The van der Waals surface area contributed by atoms with Crippen LogP contribution in [0.1, 0.15) is 21.5 Å². The summed E-state index contributed by atoms with van der Waals surface area (Å²) in [5, 5.41) is 21.8. The van der Waals surface area contributed by atoms with Gasteiger partial charge in [0.1, 0.15) is 17.2 Å². The fourth-order valence-corrected chi connectivity index (χ4v) is 2.67. The summed E-state index contributed by atoms with van der Waals surface area (Å²) in [5.74, 6) is -2.61. The molecule has 0 bridgehead atoms. The number of nitrogens with one attached hydrogen (secondary N) is 1. The summed E-state index contributed by atoms with van der Waals surface area (Å²) in [6.45, 7) is -0.809.